The van der Waals surface area contributed by atoms with Gasteiger partial charge in [-0.25, -0.2) is 0 Å². The maximum atomic E-state index is 12.7. The van der Waals surface area contributed by atoms with E-state index in [4.69, 9.17) is 9.26 Å². The van der Waals surface area contributed by atoms with Crippen molar-refractivity contribution in [1.29, 1.82) is 0 Å². The molecular formula is C16H13N3O4. The number of carbonyl (C=O) groups is 1. The standard InChI is InChI=1S/C16H13N3O4/c1-9-18-16(19-23-9)11-8-14(22-2)13(20)7-10(11)15(21)12-5-3-4-6-17-12/h3-8,20H,1-2H3. The second-order valence-electron chi connectivity index (χ2n) is 4.75. The van der Waals surface area contributed by atoms with Gasteiger partial charge in [0.25, 0.3) is 0 Å². The number of phenolic OH excluding ortho intramolecular Hbond substituents is 1. The van der Waals surface area contributed by atoms with Crippen LogP contribution in [0.15, 0.2) is 41.1 Å². The second kappa shape index (κ2) is 5.88. The first-order valence-electron chi connectivity index (χ1n) is 6.77. The van der Waals surface area contributed by atoms with E-state index in [-0.39, 0.29) is 34.4 Å². The zero-order valence-corrected chi connectivity index (χ0v) is 12.5. The molecule has 7 nitrogen and oxygen atoms in total. The Labute approximate surface area is 131 Å². The predicted octanol–water partition coefficient (Wildman–Crippen LogP) is 2.39. The molecule has 0 saturated carbocycles. The van der Waals surface area contributed by atoms with Crippen molar-refractivity contribution < 1.29 is 19.2 Å². The van der Waals surface area contributed by atoms with Gasteiger partial charge in [0.1, 0.15) is 5.69 Å². The minimum Gasteiger partial charge on any atom is -0.504 e. The third kappa shape index (κ3) is 2.76. The lowest BCUT2D eigenvalue weighted by Gasteiger charge is -2.10. The maximum absolute atomic E-state index is 12.7. The maximum Gasteiger partial charge on any atom is 0.223 e. The van der Waals surface area contributed by atoms with Crippen molar-refractivity contribution in [2.45, 2.75) is 6.92 Å². The van der Waals surface area contributed by atoms with Crippen LogP contribution in [0.4, 0.5) is 0 Å². The molecule has 0 amide bonds. The summed E-state index contributed by atoms with van der Waals surface area (Å²) in [5.74, 6) is 0.292. The smallest absolute Gasteiger partial charge is 0.223 e. The van der Waals surface area contributed by atoms with Gasteiger partial charge in [-0.05, 0) is 24.3 Å². The molecule has 0 bridgehead atoms. The van der Waals surface area contributed by atoms with Crippen LogP contribution in [-0.4, -0.2) is 33.1 Å². The highest BCUT2D eigenvalue weighted by Crippen LogP contribution is 2.34. The number of rotatable bonds is 4. The summed E-state index contributed by atoms with van der Waals surface area (Å²) in [5.41, 5.74) is 0.855. The number of phenols is 1. The molecule has 3 rings (SSSR count). The van der Waals surface area contributed by atoms with Crippen LogP contribution >= 0.6 is 0 Å². The third-order valence-electron chi connectivity index (χ3n) is 3.23. The Morgan fingerprint density at radius 3 is 2.74 bits per heavy atom. The fraction of sp³-hybridized carbons (Fsp3) is 0.125. The van der Waals surface area contributed by atoms with Crippen molar-refractivity contribution >= 4 is 5.78 Å². The van der Waals surface area contributed by atoms with E-state index < -0.39 is 0 Å². The van der Waals surface area contributed by atoms with Crippen LogP contribution in [0, 0.1) is 6.92 Å². The molecule has 0 aliphatic carbocycles. The van der Waals surface area contributed by atoms with Crippen molar-refractivity contribution in [3.63, 3.8) is 0 Å². The van der Waals surface area contributed by atoms with E-state index in [1.165, 1.54) is 25.4 Å². The van der Waals surface area contributed by atoms with Crippen LogP contribution in [0.5, 0.6) is 11.5 Å². The van der Waals surface area contributed by atoms with E-state index in [1.807, 2.05) is 0 Å². The fourth-order valence-corrected chi connectivity index (χ4v) is 2.15. The molecule has 2 aromatic heterocycles. The average Bonchev–Trinajstić information content (AvgIpc) is 3.01. The molecule has 2 heterocycles. The van der Waals surface area contributed by atoms with Gasteiger partial charge in [0.15, 0.2) is 11.5 Å². The van der Waals surface area contributed by atoms with Gasteiger partial charge in [-0.3, -0.25) is 9.78 Å². The number of benzene rings is 1. The summed E-state index contributed by atoms with van der Waals surface area (Å²) >= 11 is 0. The Balaban J connectivity index is 2.19. The highest BCUT2D eigenvalue weighted by molar-refractivity contribution is 6.11. The van der Waals surface area contributed by atoms with Gasteiger partial charge in [-0.2, -0.15) is 4.98 Å². The van der Waals surface area contributed by atoms with Gasteiger partial charge in [-0.15, -0.1) is 0 Å². The van der Waals surface area contributed by atoms with E-state index in [1.54, 1.807) is 25.1 Å². The summed E-state index contributed by atoms with van der Waals surface area (Å²) in [5, 5.41) is 13.8. The van der Waals surface area contributed by atoms with Crippen LogP contribution < -0.4 is 4.74 Å². The number of methoxy groups -OCH3 is 1. The largest absolute Gasteiger partial charge is 0.504 e. The van der Waals surface area contributed by atoms with E-state index in [2.05, 4.69) is 15.1 Å². The van der Waals surface area contributed by atoms with Crippen molar-refractivity contribution in [1.82, 2.24) is 15.1 Å². The first-order chi connectivity index (χ1) is 11.1. The minimum atomic E-state index is -0.360. The molecule has 0 saturated heterocycles. The van der Waals surface area contributed by atoms with Crippen LogP contribution in [0.1, 0.15) is 21.9 Å². The summed E-state index contributed by atoms with van der Waals surface area (Å²) in [6.45, 7) is 1.65. The number of pyridine rings is 1. The SMILES string of the molecule is COc1cc(-c2noc(C)n2)c(C(=O)c2ccccn2)cc1O. The normalized spacial score (nSPS) is 10.5. The Hall–Kier alpha value is -3.22. The number of ketones is 1. The highest BCUT2D eigenvalue weighted by atomic mass is 16.5. The van der Waals surface area contributed by atoms with Crippen molar-refractivity contribution in [2.75, 3.05) is 7.11 Å². The molecule has 0 aliphatic rings. The molecule has 3 aromatic rings. The molecule has 1 N–H and O–H groups in total. The van der Waals surface area contributed by atoms with Crippen molar-refractivity contribution in [3.05, 3.63) is 53.7 Å². The van der Waals surface area contributed by atoms with E-state index in [0.717, 1.165) is 0 Å². The number of ether oxygens (including phenoxy) is 1. The number of carbonyl (C=O) groups excluding carboxylic acids is 1. The minimum absolute atomic E-state index is 0.157. The molecule has 1 aromatic carbocycles. The van der Waals surface area contributed by atoms with Crippen LogP contribution in [0.25, 0.3) is 11.4 Å². The number of hydrogen-bond donors (Lipinski definition) is 1. The number of aryl methyl sites for hydroxylation is 1. The molecule has 0 radical (unpaired) electrons. The van der Waals surface area contributed by atoms with Gasteiger partial charge in [0.05, 0.1) is 7.11 Å². The van der Waals surface area contributed by atoms with Crippen LogP contribution in [-0.2, 0) is 0 Å². The lowest BCUT2D eigenvalue weighted by atomic mass is 9.99. The molecule has 0 aliphatic heterocycles. The second-order valence-corrected chi connectivity index (χ2v) is 4.75. The van der Waals surface area contributed by atoms with Crippen LogP contribution in [0.2, 0.25) is 0 Å². The molecule has 0 fully saturated rings. The molecule has 0 unspecified atom stereocenters. The highest BCUT2D eigenvalue weighted by Gasteiger charge is 2.22. The first kappa shape index (κ1) is 14.7. The first-order valence-corrected chi connectivity index (χ1v) is 6.77. The number of nitrogens with zero attached hydrogens (tertiary/aromatic N) is 3. The topological polar surface area (TPSA) is 98.3 Å². The lowest BCUT2D eigenvalue weighted by molar-refractivity contribution is 0.103. The summed E-state index contributed by atoms with van der Waals surface area (Å²) in [7, 11) is 1.42. The summed E-state index contributed by atoms with van der Waals surface area (Å²) in [6.07, 6.45) is 1.52. The molecular weight excluding hydrogens is 298 g/mol. The van der Waals surface area contributed by atoms with Crippen LogP contribution in [0.3, 0.4) is 0 Å². The average molecular weight is 311 g/mol. The summed E-state index contributed by atoms with van der Waals surface area (Å²) in [6, 6.07) is 7.83. The van der Waals surface area contributed by atoms with E-state index in [9.17, 15) is 9.90 Å². The van der Waals surface area contributed by atoms with Gasteiger partial charge < -0.3 is 14.4 Å². The zero-order valence-electron chi connectivity index (χ0n) is 12.5. The molecule has 0 spiro atoms. The monoisotopic (exact) mass is 311 g/mol. The Bertz CT molecular complexity index is 859. The van der Waals surface area contributed by atoms with Gasteiger partial charge in [0, 0.05) is 24.2 Å². The quantitative estimate of drug-likeness (QED) is 0.738. The van der Waals surface area contributed by atoms with Gasteiger partial charge in [-0.1, -0.05) is 11.2 Å². The predicted molar refractivity (Wildman–Crippen MR) is 80.4 cm³/mol. The molecule has 116 valence electrons. The van der Waals surface area contributed by atoms with Crippen molar-refractivity contribution in [3.8, 4) is 22.9 Å². The number of aromatic hydroxyl groups is 1. The molecule has 7 heteroatoms. The summed E-state index contributed by atoms with van der Waals surface area (Å²) < 4.78 is 10.1. The zero-order chi connectivity index (χ0) is 16.4. The number of aromatic nitrogens is 3. The molecule has 23 heavy (non-hydrogen) atoms. The van der Waals surface area contributed by atoms with E-state index in [0.29, 0.717) is 11.5 Å². The fourth-order valence-electron chi connectivity index (χ4n) is 2.15. The number of hydrogen-bond acceptors (Lipinski definition) is 7. The van der Waals surface area contributed by atoms with Gasteiger partial charge >= 0.3 is 0 Å². The summed E-state index contributed by atoms with van der Waals surface area (Å²) in [4.78, 5) is 20.9. The third-order valence-corrected chi connectivity index (χ3v) is 3.23. The Morgan fingerprint density at radius 2 is 2.13 bits per heavy atom. The Morgan fingerprint density at radius 1 is 1.30 bits per heavy atom. The lowest BCUT2D eigenvalue weighted by Crippen LogP contribution is -2.06. The van der Waals surface area contributed by atoms with Crippen molar-refractivity contribution in [2.24, 2.45) is 0 Å². The van der Waals surface area contributed by atoms with Gasteiger partial charge in [0.2, 0.25) is 17.5 Å². The molecule has 0 atom stereocenters. The van der Waals surface area contributed by atoms with E-state index >= 15 is 0 Å². The Kier molecular flexibility index (Phi) is 3.76.